The molecule has 5 aromatic rings. The molecule has 3 atom stereocenters. The predicted octanol–water partition coefficient (Wildman–Crippen LogP) is 4.50. The minimum absolute atomic E-state index is 0.0320. The number of nitrogens with one attached hydrogen (secondary N) is 4. The molecule has 0 saturated carbocycles. The second kappa shape index (κ2) is 24.5. The monoisotopic (exact) mass is 991 g/mol. The van der Waals surface area contributed by atoms with Gasteiger partial charge in [0.15, 0.2) is 0 Å². The number of thioether (sulfide) groups is 1. The minimum atomic E-state index is -5.08. The number of carboxylic acids is 1. The van der Waals surface area contributed by atoms with Crippen molar-refractivity contribution in [1.82, 2.24) is 40.6 Å². The molecule has 5 N–H and O–H groups in total. The number of fused-ring (bicyclic) bond motifs is 5. The van der Waals surface area contributed by atoms with Crippen LogP contribution in [0.15, 0.2) is 84.1 Å². The number of rotatable bonds is 22. The van der Waals surface area contributed by atoms with E-state index in [9.17, 15) is 32.3 Å². The largest absolute Gasteiger partial charge is 0.490 e. The lowest BCUT2D eigenvalue weighted by Gasteiger charge is -2.18. The molecule has 70 heavy (non-hydrogen) atoms. The lowest BCUT2D eigenvalue weighted by Crippen LogP contribution is -2.36. The van der Waals surface area contributed by atoms with Crippen molar-refractivity contribution < 1.29 is 51.7 Å². The van der Waals surface area contributed by atoms with E-state index in [1.54, 1.807) is 38.6 Å². The van der Waals surface area contributed by atoms with Crippen LogP contribution in [0.1, 0.15) is 31.2 Å². The number of halogens is 3. The summed E-state index contributed by atoms with van der Waals surface area (Å²) in [4.78, 5) is 66.0. The minimum Gasteiger partial charge on any atom is -0.475 e. The number of ether oxygens (including phenoxy) is 3. The number of benzene rings is 2. The summed E-state index contributed by atoms with van der Waals surface area (Å²) in [6, 6.07) is 15.7. The van der Waals surface area contributed by atoms with Gasteiger partial charge >= 0.3 is 18.2 Å². The van der Waals surface area contributed by atoms with E-state index >= 15 is 0 Å². The van der Waals surface area contributed by atoms with Gasteiger partial charge in [-0.15, -0.1) is 0 Å². The molecule has 0 radical (unpaired) electrons. The van der Waals surface area contributed by atoms with Gasteiger partial charge in [0.1, 0.15) is 0 Å². The van der Waals surface area contributed by atoms with Crippen LogP contribution in [0, 0.1) is 0 Å². The van der Waals surface area contributed by atoms with Crippen molar-refractivity contribution in [2.45, 2.75) is 55.6 Å². The number of pyridine rings is 2. The highest BCUT2D eigenvalue weighted by atomic mass is 32.2. The fourth-order valence-electron chi connectivity index (χ4n) is 8.40. The molecule has 3 aliphatic heterocycles. The maximum Gasteiger partial charge on any atom is 0.490 e. The maximum atomic E-state index is 13.6. The normalized spacial score (nSPS) is 17.3. The van der Waals surface area contributed by atoms with Crippen molar-refractivity contribution in [2.24, 2.45) is 7.05 Å². The first kappa shape index (κ1) is 51.5. The summed E-state index contributed by atoms with van der Waals surface area (Å²) in [5.74, 6) is -1.89. The first-order valence-electron chi connectivity index (χ1n) is 23.0. The number of nitrogens with zero attached hydrogens (tertiary/aromatic N) is 5. The van der Waals surface area contributed by atoms with Gasteiger partial charge in [0.2, 0.25) is 5.91 Å². The van der Waals surface area contributed by atoms with Crippen molar-refractivity contribution in [1.29, 1.82) is 0 Å². The van der Waals surface area contributed by atoms with Crippen molar-refractivity contribution in [2.75, 3.05) is 76.5 Å². The molecule has 0 bridgehead atoms. The van der Waals surface area contributed by atoms with Crippen LogP contribution in [0.3, 0.4) is 0 Å². The Morgan fingerprint density at radius 1 is 0.929 bits per heavy atom. The smallest absolute Gasteiger partial charge is 0.475 e. The SMILES string of the molecule is Cn1cc(-c2ccc3ncc4ccc(=O)n(-c5ccc6c(c5)N(C(=O)/C=C/CNCCOCCOCCOCCNC(=O)CCCC[C@@H]5SC[C@@H]7NC(=O)N[C@@H]75)CC6)c4c3c2)cn1.O=C(O)C(F)(F)F. The fourth-order valence-corrected chi connectivity index (χ4v) is 9.94. The molecule has 2 aromatic carbocycles. The zero-order chi connectivity index (χ0) is 49.6. The van der Waals surface area contributed by atoms with Crippen LogP contribution in [-0.2, 0) is 42.1 Å². The van der Waals surface area contributed by atoms with E-state index in [2.05, 4.69) is 37.4 Å². The number of carboxylic acid groups (broad SMARTS) is 1. The Morgan fingerprint density at radius 3 is 2.43 bits per heavy atom. The maximum absolute atomic E-state index is 13.6. The topological polar surface area (TPSA) is 220 Å². The van der Waals surface area contributed by atoms with Crippen LogP contribution in [0.5, 0.6) is 0 Å². The summed E-state index contributed by atoms with van der Waals surface area (Å²) >= 11 is 1.90. The van der Waals surface area contributed by atoms with Crippen LogP contribution in [0.25, 0.3) is 38.6 Å². The average Bonchev–Trinajstić information content (AvgIpc) is 4.14. The first-order valence-corrected chi connectivity index (χ1v) is 24.1. The third-order valence-electron chi connectivity index (χ3n) is 11.8. The number of amides is 4. The summed E-state index contributed by atoms with van der Waals surface area (Å²) in [5, 5.41) is 25.7. The highest BCUT2D eigenvalue weighted by Crippen LogP contribution is 2.35. The lowest BCUT2D eigenvalue weighted by atomic mass is 10.0. The van der Waals surface area contributed by atoms with Crippen molar-refractivity contribution in [3.63, 3.8) is 0 Å². The predicted molar refractivity (Wildman–Crippen MR) is 258 cm³/mol. The van der Waals surface area contributed by atoms with Crippen molar-refractivity contribution >= 4 is 63.1 Å². The number of alkyl halides is 3. The zero-order valence-corrected chi connectivity index (χ0v) is 39.4. The van der Waals surface area contributed by atoms with E-state index in [0.717, 1.165) is 75.6 Å². The molecule has 2 fully saturated rings. The number of anilines is 1. The quantitative estimate of drug-likeness (QED) is 0.0280. The molecule has 374 valence electrons. The van der Waals surface area contributed by atoms with E-state index < -0.39 is 12.1 Å². The van der Waals surface area contributed by atoms with E-state index in [-0.39, 0.29) is 35.5 Å². The van der Waals surface area contributed by atoms with Crippen LogP contribution >= 0.6 is 11.8 Å². The summed E-state index contributed by atoms with van der Waals surface area (Å²) < 4.78 is 52.0. The van der Waals surface area contributed by atoms with Crippen LogP contribution in [-0.4, -0.2) is 143 Å². The molecule has 18 nitrogen and oxygen atoms in total. The van der Waals surface area contributed by atoms with Gasteiger partial charge < -0.3 is 45.5 Å². The third kappa shape index (κ3) is 13.7. The van der Waals surface area contributed by atoms with E-state index in [1.807, 2.05) is 67.6 Å². The molecule has 8 rings (SSSR count). The molecule has 2 saturated heterocycles. The standard InChI is InChI=1S/C46H55N9O7S.C2HF3O2/c1-53-29-34(28-50-53)32-9-12-37-36(25-32)45-33(27-49-37)10-13-43(58)55(45)35-11-8-31-14-18-54(39(31)26-35)42(57)7-4-15-47-16-19-60-21-23-62-24-22-61-20-17-48-41(56)6-3-2-5-40-44-38(30-63-40)51-46(59)52-44;3-2(4,5)1(6)7/h4,7-13,25-29,38,40,44,47H,2-3,5-6,14-24,30H2,1H3,(H,48,56)(H2,51,52,59);(H,6,7)/b7-4+;/t38-,40-,44-;/m0./s1. The number of carbonyl (C=O) groups excluding carboxylic acids is 3. The number of hydrogen-bond acceptors (Lipinski definition) is 12. The number of carbonyl (C=O) groups is 4. The summed E-state index contributed by atoms with van der Waals surface area (Å²) in [7, 11) is 1.88. The molecule has 6 heterocycles. The fraction of sp³-hybridized carbons (Fsp3) is 0.438. The molecule has 22 heteroatoms. The lowest BCUT2D eigenvalue weighted by molar-refractivity contribution is -0.192. The average molecular weight is 992 g/mol. The molecule has 4 amide bonds. The molecular formula is C48H56F3N9O9S. The highest BCUT2D eigenvalue weighted by molar-refractivity contribution is 8.00. The highest BCUT2D eigenvalue weighted by Gasteiger charge is 2.42. The second-order valence-electron chi connectivity index (χ2n) is 16.7. The van der Waals surface area contributed by atoms with Gasteiger partial charge in [0.25, 0.3) is 11.5 Å². The molecular weight excluding hydrogens is 936 g/mol. The number of aliphatic carboxylic acids is 1. The van der Waals surface area contributed by atoms with Gasteiger partial charge in [-0.3, -0.25) is 28.6 Å². The second-order valence-corrected chi connectivity index (χ2v) is 18.0. The van der Waals surface area contributed by atoms with Gasteiger partial charge in [0.05, 0.1) is 74.6 Å². The Bertz CT molecular complexity index is 2730. The molecule has 3 aliphatic rings. The Morgan fingerprint density at radius 2 is 1.69 bits per heavy atom. The zero-order valence-electron chi connectivity index (χ0n) is 38.5. The van der Waals surface area contributed by atoms with Gasteiger partial charge in [-0.1, -0.05) is 24.6 Å². The number of hydrogen-bond donors (Lipinski definition) is 5. The van der Waals surface area contributed by atoms with E-state index in [1.165, 1.54) is 0 Å². The van der Waals surface area contributed by atoms with E-state index in [0.29, 0.717) is 83.2 Å². The Hall–Kier alpha value is -6.33. The van der Waals surface area contributed by atoms with Gasteiger partial charge in [-0.2, -0.15) is 30.0 Å². The van der Waals surface area contributed by atoms with Gasteiger partial charge in [-0.05, 0) is 60.7 Å². The Balaban J connectivity index is 0.000000959. The van der Waals surface area contributed by atoms with Gasteiger partial charge in [0, 0.05) is 97.2 Å². The Kier molecular flexibility index (Phi) is 18.0. The number of aromatic nitrogens is 4. The molecule has 0 unspecified atom stereocenters. The van der Waals surface area contributed by atoms with Crippen molar-refractivity contribution in [3.8, 4) is 16.8 Å². The number of aryl methyl sites for hydroxylation is 1. The number of unbranched alkanes of at least 4 members (excludes halogenated alkanes) is 1. The third-order valence-corrected chi connectivity index (χ3v) is 13.3. The summed E-state index contributed by atoms with van der Waals surface area (Å²) in [6.45, 7) is 4.88. The van der Waals surface area contributed by atoms with Crippen LogP contribution < -0.4 is 31.7 Å². The number of urea groups is 1. The van der Waals surface area contributed by atoms with Crippen LogP contribution in [0.2, 0.25) is 0 Å². The summed E-state index contributed by atoms with van der Waals surface area (Å²) in [5.41, 5.74) is 5.85. The molecule has 0 aliphatic carbocycles. The van der Waals surface area contributed by atoms with Crippen molar-refractivity contribution in [3.05, 3.63) is 95.2 Å². The van der Waals surface area contributed by atoms with Crippen LogP contribution in [0.4, 0.5) is 23.7 Å². The first-order chi connectivity index (χ1) is 33.8. The molecule has 3 aromatic heterocycles. The summed E-state index contributed by atoms with van der Waals surface area (Å²) in [6.07, 6.45) is 7.91. The van der Waals surface area contributed by atoms with E-state index in [4.69, 9.17) is 24.1 Å². The van der Waals surface area contributed by atoms with Gasteiger partial charge in [-0.25, -0.2) is 9.59 Å². The Labute approximate surface area is 405 Å². The molecule has 0 spiro atoms.